The van der Waals surface area contributed by atoms with Crippen molar-refractivity contribution < 1.29 is 4.79 Å². The van der Waals surface area contributed by atoms with Gasteiger partial charge < -0.3 is 0 Å². The van der Waals surface area contributed by atoms with Crippen LogP contribution in [0.15, 0.2) is 34.5 Å². The van der Waals surface area contributed by atoms with Crippen molar-refractivity contribution in [2.75, 3.05) is 18.2 Å². The van der Waals surface area contributed by atoms with E-state index in [1.54, 1.807) is 23.7 Å². The molecule has 0 aliphatic carbocycles. The lowest BCUT2D eigenvalue weighted by Crippen LogP contribution is -2.26. The van der Waals surface area contributed by atoms with Gasteiger partial charge in [0.2, 0.25) is 0 Å². The van der Waals surface area contributed by atoms with Crippen molar-refractivity contribution in [3.05, 3.63) is 40.2 Å². The molecule has 0 N–H and O–H groups in total. The summed E-state index contributed by atoms with van der Waals surface area (Å²) in [6.07, 6.45) is 1.98. The van der Waals surface area contributed by atoms with Gasteiger partial charge in [0, 0.05) is 17.6 Å². The van der Waals surface area contributed by atoms with Crippen LogP contribution >= 0.6 is 23.1 Å². The van der Waals surface area contributed by atoms with Gasteiger partial charge in [0.25, 0.3) is 5.91 Å². The monoisotopic (exact) mass is 278 g/mol. The molecule has 1 amide bonds. The molecule has 0 radical (unpaired) electrons. The van der Waals surface area contributed by atoms with E-state index in [-0.39, 0.29) is 5.91 Å². The summed E-state index contributed by atoms with van der Waals surface area (Å²) in [5.74, 6) is 0.674. The molecule has 0 saturated carbocycles. The van der Waals surface area contributed by atoms with E-state index in [2.05, 4.69) is 4.98 Å². The van der Waals surface area contributed by atoms with Crippen molar-refractivity contribution in [1.29, 1.82) is 0 Å². The fourth-order valence-electron chi connectivity index (χ4n) is 1.59. The van der Waals surface area contributed by atoms with E-state index < -0.39 is 0 Å². The number of rotatable bonds is 3. The van der Waals surface area contributed by atoms with Crippen LogP contribution in [0.1, 0.15) is 15.4 Å². The van der Waals surface area contributed by atoms with Crippen LogP contribution in [-0.2, 0) is 0 Å². The zero-order valence-corrected chi connectivity index (χ0v) is 12.1. The Labute approximate surface area is 115 Å². The summed E-state index contributed by atoms with van der Waals surface area (Å²) in [5.41, 5.74) is 0.906. The van der Waals surface area contributed by atoms with Gasteiger partial charge in [-0.1, -0.05) is 6.07 Å². The summed E-state index contributed by atoms with van der Waals surface area (Å²) < 4.78 is 0. The van der Waals surface area contributed by atoms with E-state index in [1.807, 2.05) is 42.8 Å². The topological polar surface area (TPSA) is 33.2 Å². The van der Waals surface area contributed by atoms with Crippen LogP contribution in [0, 0.1) is 6.92 Å². The summed E-state index contributed by atoms with van der Waals surface area (Å²) in [4.78, 5) is 20.1. The number of nitrogens with zero attached hydrogens (tertiary/aromatic N) is 2. The molecular weight excluding hydrogens is 264 g/mol. The first-order valence-corrected chi connectivity index (χ1v) is 7.57. The molecule has 0 spiro atoms. The minimum Gasteiger partial charge on any atom is -0.295 e. The minimum atomic E-state index is -0.00699. The number of aromatic nitrogens is 1. The van der Waals surface area contributed by atoms with Crippen LogP contribution in [-0.4, -0.2) is 24.2 Å². The fraction of sp³-hybridized carbons (Fsp3) is 0.231. The van der Waals surface area contributed by atoms with Gasteiger partial charge in [-0.2, -0.15) is 0 Å². The lowest BCUT2D eigenvalue weighted by molar-refractivity contribution is 0.0993. The van der Waals surface area contributed by atoms with Crippen LogP contribution in [0.5, 0.6) is 0 Å². The van der Waals surface area contributed by atoms with Gasteiger partial charge in [-0.3, -0.25) is 9.69 Å². The highest BCUT2D eigenvalue weighted by molar-refractivity contribution is 7.98. The summed E-state index contributed by atoms with van der Waals surface area (Å²) in [6.45, 7) is 1.92. The quantitative estimate of drug-likeness (QED) is 0.806. The number of hydrogen-bond donors (Lipinski definition) is 0. The highest BCUT2D eigenvalue weighted by Gasteiger charge is 2.18. The number of amides is 1. The molecule has 0 fully saturated rings. The molecule has 18 heavy (non-hydrogen) atoms. The molecule has 2 aromatic rings. The van der Waals surface area contributed by atoms with E-state index in [1.165, 1.54) is 11.3 Å². The van der Waals surface area contributed by atoms with Gasteiger partial charge in [-0.15, -0.1) is 23.1 Å². The summed E-state index contributed by atoms with van der Waals surface area (Å²) in [6, 6.07) is 7.64. The maximum absolute atomic E-state index is 12.4. The first kappa shape index (κ1) is 13.1. The normalized spacial score (nSPS) is 10.4. The van der Waals surface area contributed by atoms with Crippen molar-refractivity contribution in [2.45, 2.75) is 11.8 Å². The predicted octanol–water partition coefficient (Wildman–Crippen LogP) is 3.45. The Balaban J connectivity index is 2.29. The van der Waals surface area contributed by atoms with Crippen molar-refractivity contribution in [2.24, 2.45) is 0 Å². The zero-order valence-electron chi connectivity index (χ0n) is 10.5. The molecule has 94 valence electrons. The van der Waals surface area contributed by atoms with Crippen LogP contribution < -0.4 is 4.90 Å². The number of thioether (sulfide) groups is 1. The van der Waals surface area contributed by atoms with Crippen molar-refractivity contribution in [3.8, 4) is 0 Å². The first-order valence-electron chi connectivity index (χ1n) is 5.46. The van der Waals surface area contributed by atoms with E-state index in [0.717, 1.165) is 15.5 Å². The van der Waals surface area contributed by atoms with Gasteiger partial charge in [0.1, 0.15) is 10.7 Å². The fourth-order valence-corrected chi connectivity index (χ4v) is 3.31. The highest BCUT2D eigenvalue weighted by atomic mass is 32.2. The number of carbonyl (C=O) groups excluding carboxylic acids is 1. The molecule has 2 heterocycles. The SMILES string of the molecule is CSc1ccsc1C(=O)N(C)c1cccc(C)n1. The maximum atomic E-state index is 12.4. The third-order valence-corrected chi connectivity index (χ3v) is 4.38. The highest BCUT2D eigenvalue weighted by Crippen LogP contribution is 2.27. The van der Waals surface area contributed by atoms with E-state index in [4.69, 9.17) is 0 Å². The van der Waals surface area contributed by atoms with Gasteiger partial charge in [0.15, 0.2) is 0 Å². The number of aryl methyl sites for hydroxylation is 1. The summed E-state index contributed by atoms with van der Waals surface area (Å²) >= 11 is 3.06. The molecular formula is C13H14N2OS2. The third kappa shape index (κ3) is 2.57. The number of pyridine rings is 1. The molecule has 0 atom stereocenters. The van der Waals surface area contributed by atoms with Crippen molar-refractivity contribution >= 4 is 34.8 Å². The Morgan fingerprint density at radius 2 is 2.17 bits per heavy atom. The Morgan fingerprint density at radius 3 is 2.83 bits per heavy atom. The van der Waals surface area contributed by atoms with Gasteiger partial charge in [0.05, 0.1) is 0 Å². The standard InChI is InChI=1S/C13H14N2OS2/c1-9-5-4-6-11(14-9)15(2)13(16)12-10(17-3)7-8-18-12/h4-8H,1-3H3. The second-order valence-electron chi connectivity index (χ2n) is 3.82. The first-order chi connectivity index (χ1) is 8.63. The molecule has 0 aliphatic heterocycles. The largest absolute Gasteiger partial charge is 0.295 e. The molecule has 3 nitrogen and oxygen atoms in total. The minimum absolute atomic E-state index is 0.00699. The molecule has 0 aromatic carbocycles. The summed E-state index contributed by atoms with van der Waals surface area (Å²) in [7, 11) is 1.76. The van der Waals surface area contributed by atoms with Crippen LogP contribution in [0.25, 0.3) is 0 Å². The lowest BCUT2D eigenvalue weighted by atomic mass is 10.3. The van der Waals surface area contributed by atoms with Gasteiger partial charge >= 0.3 is 0 Å². The predicted molar refractivity (Wildman–Crippen MR) is 77.8 cm³/mol. The zero-order chi connectivity index (χ0) is 13.1. The van der Waals surface area contributed by atoms with Gasteiger partial charge in [-0.05, 0) is 36.8 Å². The van der Waals surface area contributed by atoms with Gasteiger partial charge in [-0.25, -0.2) is 4.98 Å². The summed E-state index contributed by atoms with van der Waals surface area (Å²) in [5, 5.41) is 1.94. The molecule has 0 bridgehead atoms. The number of anilines is 1. The van der Waals surface area contributed by atoms with E-state index >= 15 is 0 Å². The smallest absolute Gasteiger partial charge is 0.270 e. The molecule has 0 unspecified atom stereocenters. The average molecular weight is 278 g/mol. The Hall–Kier alpha value is -1.33. The van der Waals surface area contributed by atoms with Crippen molar-refractivity contribution in [3.63, 3.8) is 0 Å². The van der Waals surface area contributed by atoms with E-state index in [9.17, 15) is 4.79 Å². The molecule has 0 aliphatic rings. The third-order valence-electron chi connectivity index (χ3n) is 2.57. The molecule has 2 aromatic heterocycles. The number of hydrogen-bond acceptors (Lipinski definition) is 4. The molecule has 0 saturated heterocycles. The second-order valence-corrected chi connectivity index (χ2v) is 5.58. The maximum Gasteiger partial charge on any atom is 0.270 e. The van der Waals surface area contributed by atoms with Crippen LogP contribution in [0.2, 0.25) is 0 Å². The van der Waals surface area contributed by atoms with Crippen LogP contribution in [0.4, 0.5) is 5.82 Å². The number of carbonyl (C=O) groups is 1. The average Bonchev–Trinajstić information content (AvgIpc) is 2.85. The second kappa shape index (κ2) is 5.54. The number of thiophene rings is 1. The Morgan fingerprint density at radius 1 is 1.39 bits per heavy atom. The Bertz CT molecular complexity index is 566. The van der Waals surface area contributed by atoms with E-state index in [0.29, 0.717) is 5.82 Å². The molecule has 5 heteroatoms. The van der Waals surface area contributed by atoms with Crippen LogP contribution in [0.3, 0.4) is 0 Å². The lowest BCUT2D eigenvalue weighted by Gasteiger charge is -2.16. The molecule has 2 rings (SSSR count). The Kier molecular flexibility index (Phi) is 4.04. The van der Waals surface area contributed by atoms with Crippen molar-refractivity contribution in [1.82, 2.24) is 4.98 Å².